The van der Waals surface area contributed by atoms with Crippen molar-refractivity contribution in [2.75, 3.05) is 7.11 Å². The Balaban J connectivity index is 2.32. The molecule has 3 aromatic rings. The van der Waals surface area contributed by atoms with E-state index in [2.05, 4.69) is 5.10 Å². The van der Waals surface area contributed by atoms with Gasteiger partial charge in [0.25, 0.3) is 5.56 Å². The fraction of sp³-hybridized carbons (Fsp3) is 0.150. The van der Waals surface area contributed by atoms with E-state index in [4.69, 9.17) is 27.9 Å². The number of nitrogens with zero attached hydrogens (tertiary/aromatic N) is 1. The predicted molar refractivity (Wildman–Crippen MR) is 109 cm³/mol. The summed E-state index contributed by atoms with van der Waals surface area (Å²) in [6, 6.07) is 9.79. The van der Waals surface area contributed by atoms with Crippen molar-refractivity contribution in [3.63, 3.8) is 0 Å². The first-order valence-electron chi connectivity index (χ1n) is 8.14. The molecule has 0 saturated carbocycles. The standard InChI is InChI=1S/C20H18Cl2N2O3/c1-11(2)19-15(9-12-8-14(27-3)5-7-18(12)25)20(26)24(23-19)13-4-6-16(21)17(22)10-13/h4-10,23,25H,1-3H3. The summed E-state index contributed by atoms with van der Waals surface area (Å²) in [6.45, 7) is 3.79. The van der Waals surface area contributed by atoms with Gasteiger partial charge in [0.15, 0.2) is 0 Å². The van der Waals surface area contributed by atoms with E-state index in [0.717, 1.165) is 5.57 Å². The first-order valence-corrected chi connectivity index (χ1v) is 8.90. The van der Waals surface area contributed by atoms with Crippen LogP contribution in [0.1, 0.15) is 19.4 Å². The number of halogens is 2. The minimum absolute atomic E-state index is 0.0530. The Morgan fingerprint density at radius 3 is 2.52 bits per heavy atom. The lowest BCUT2D eigenvalue weighted by Crippen LogP contribution is -2.35. The van der Waals surface area contributed by atoms with Crippen molar-refractivity contribution in [2.24, 2.45) is 0 Å². The monoisotopic (exact) mass is 404 g/mol. The quantitative estimate of drug-likeness (QED) is 0.704. The number of ether oxygens (including phenoxy) is 1. The molecule has 0 radical (unpaired) electrons. The number of hydrogen-bond acceptors (Lipinski definition) is 3. The molecule has 0 unspecified atom stereocenters. The molecule has 7 heteroatoms. The summed E-state index contributed by atoms with van der Waals surface area (Å²) >= 11 is 12.1. The highest BCUT2D eigenvalue weighted by Crippen LogP contribution is 2.24. The van der Waals surface area contributed by atoms with Crippen LogP contribution in [0, 0.1) is 0 Å². The topological polar surface area (TPSA) is 67.2 Å². The lowest BCUT2D eigenvalue weighted by molar-refractivity contribution is 0.412. The maximum absolute atomic E-state index is 13.1. The first kappa shape index (κ1) is 19.1. The summed E-state index contributed by atoms with van der Waals surface area (Å²) in [7, 11) is 1.54. The molecule has 1 heterocycles. The molecular formula is C20H18Cl2N2O3. The average Bonchev–Trinajstić information content (AvgIpc) is 2.96. The molecule has 2 N–H and O–H groups in total. The van der Waals surface area contributed by atoms with Crippen LogP contribution in [0.4, 0.5) is 0 Å². The molecule has 0 bridgehead atoms. The highest BCUT2D eigenvalue weighted by atomic mass is 35.5. The molecule has 0 amide bonds. The van der Waals surface area contributed by atoms with E-state index in [1.165, 1.54) is 10.7 Å². The minimum atomic E-state index is -0.271. The highest BCUT2D eigenvalue weighted by Gasteiger charge is 2.10. The van der Waals surface area contributed by atoms with Crippen molar-refractivity contribution in [2.45, 2.75) is 13.8 Å². The van der Waals surface area contributed by atoms with Crippen molar-refractivity contribution in [3.05, 3.63) is 72.9 Å². The van der Waals surface area contributed by atoms with E-state index >= 15 is 0 Å². The zero-order valence-electron chi connectivity index (χ0n) is 15.0. The predicted octanol–water partition coefficient (Wildman–Crippen LogP) is 3.21. The number of methoxy groups -OCH3 is 1. The van der Waals surface area contributed by atoms with E-state index in [0.29, 0.717) is 37.6 Å². The average molecular weight is 405 g/mol. The number of nitrogens with one attached hydrogen (secondary N) is 1. The Morgan fingerprint density at radius 1 is 1.15 bits per heavy atom. The summed E-state index contributed by atoms with van der Waals surface area (Å²) in [5, 5.41) is 15.1. The van der Waals surface area contributed by atoms with Crippen molar-refractivity contribution in [1.82, 2.24) is 9.78 Å². The Kier molecular flexibility index (Phi) is 5.35. The van der Waals surface area contributed by atoms with E-state index in [1.807, 2.05) is 13.8 Å². The molecule has 5 nitrogen and oxygen atoms in total. The molecule has 0 spiro atoms. The van der Waals surface area contributed by atoms with Gasteiger partial charge in [-0.1, -0.05) is 28.8 Å². The zero-order valence-corrected chi connectivity index (χ0v) is 16.5. The van der Waals surface area contributed by atoms with Gasteiger partial charge in [-0.3, -0.25) is 9.89 Å². The van der Waals surface area contributed by atoms with Gasteiger partial charge >= 0.3 is 0 Å². The van der Waals surface area contributed by atoms with Crippen LogP contribution in [0.5, 0.6) is 11.5 Å². The van der Waals surface area contributed by atoms with E-state index < -0.39 is 0 Å². The van der Waals surface area contributed by atoms with Crippen molar-refractivity contribution < 1.29 is 9.84 Å². The second kappa shape index (κ2) is 7.55. The fourth-order valence-electron chi connectivity index (χ4n) is 2.70. The number of hydrogen-bond donors (Lipinski definition) is 2. The SMILES string of the molecule is COc1ccc(O)c(C=c2c(=C(C)C)[nH]n(-c3ccc(Cl)c(Cl)c3)c2=O)c1. The molecule has 1 aromatic heterocycles. The molecule has 27 heavy (non-hydrogen) atoms. The summed E-state index contributed by atoms with van der Waals surface area (Å²) in [5.41, 5.74) is 1.69. The van der Waals surface area contributed by atoms with Crippen LogP contribution in [0.3, 0.4) is 0 Å². The third-order valence-corrected chi connectivity index (χ3v) is 4.86. The number of aromatic nitrogens is 2. The Hall–Kier alpha value is -2.63. The zero-order chi connectivity index (χ0) is 19.7. The number of rotatable bonds is 3. The summed E-state index contributed by atoms with van der Waals surface area (Å²) < 4.78 is 6.60. The van der Waals surface area contributed by atoms with Crippen LogP contribution in [0.2, 0.25) is 10.0 Å². The fourth-order valence-corrected chi connectivity index (χ4v) is 2.99. The van der Waals surface area contributed by atoms with Gasteiger partial charge in [0.05, 0.1) is 33.4 Å². The van der Waals surface area contributed by atoms with Crippen LogP contribution in [0.25, 0.3) is 17.3 Å². The number of H-pyrrole nitrogens is 1. The van der Waals surface area contributed by atoms with Crippen LogP contribution in [0.15, 0.2) is 41.2 Å². The van der Waals surface area contributed by atoms with Gasteiger partial charge in [0.1, 0.15) is 11.5 Å². The molecule has 0 aliphatic heterocycles. The van der Waals surface area contributed by atoms with Crippen LogP contribution in [-0.4, -0.2) is 22.0 Å². The maximum atomic E-state index is 13.1. The Morgan fingerprint density at radius 2 is 1.89 bits per heavy atom. The maximum Gasteiger partial charge on any atom is 0.279 e. The van der Waals surface area contributed by atoms with Crippen molar-refractivity contribution >= 4 is 34.9 Å². The molecular weight excluding hydrogens is 387 g/mol. The van der Waals surface area contributed by atoms with Gasteiger partial charge < -0.3 is 9.84 Å². The van der Waals surface area contributed by atoms with Crippen molar-refractivity contribution in [1.29, 1.82) is 0 Å². The lowest BCUT2D eigenvalue weighted by Gasteiger charge is -2.03. The van der Waals surface area contributed by atoms with Gasteiger partial charge in [0.2, 0.25) is 0 Å². The number of aromatic amines is 1. The molecule has 0 atom stereocenters. The number of phenolic OH excluding ortho intramolecular Hbond substituents is 1. The molecule has 0 saturated heterocycles. The van der Waals surface area contributed by atoms with E-state index in [-0.39, 0.29) is 11.3 Å². The first-order chi connectivity index (χ1) is 12.8. The van der Waals surface area contributed by atoms with Gasteiger partial charge in [0, 0.05) is 5.56 Å². The van der Waals surface area contributed by atoms with E-state index in [1.54, 1.807) is 43.5 Å². The molecule has 0 fully saturated rings. The number of benzene rings is 2. The summed E-state index contributed by atoms with van der Waals surface area (Å²) in [6.07, 6.45) is 1.63. The van der Waals surface area contributed by atoms with Gasteiger partial charge in [-0.05, 0) is 56.3 Å². The van der Waals surface area contributed by atoms with Crippen molar-refractivity contribution in [3.8, 4) is 17.2 Å². The second-order valence-corrected chi connectivity index (χ2v) is 7.02. The van der Waals surface area contributed by atoms with Crippen LogP contribution >= 0.6 is 23.2 Å². The number of aromatic hydroxyl groups is 1. The molecule has 0 aliphatic carbocycles. The smallest absolute Gasteiger partial charge is 0.279 e. The molecule has 140 valence electrons. The number of phenols is 1. The molecule has 3 rings (SSSR count). The van der Waals surface area contributed by atoms with Crippen LogP contribution in [-0.2, 0) is 0 Å². The van der Waals surface area contributed by atoms with Gasteiger partial charge in [-0.25, -0.2) is 4.68 Å². The summed E-state index contributed by atoms with van der Waals surface area (Å²) in [4.78, 5) is 13.1. The van der Waals surface area contributed by atoms with Gasteiger partial charge in [-0.15, -0.1) is 0 Å². The third-order valence-electron chi connectivity index (χ3n) is 4.12. The second-order valence-electron chi connectivity index (χ2n) is 6.21. The minimum Gasteiger partial charge on any atom is -0.507 e. The van der Waals surface area contributed by atoms with Crippen LogP contribution < -0.4 is 20.9 Å². The Labute approximate surface area is 165 Å². The third kappa shape index (κ3) is 3.75. The largest absolute Gasteiger partial charge is 0.507 e. The molecule has 0 aliphatic rings. The lowest BCUT2D eigenvalue weighted by atomic mass is 10.1. The summed E-state index contributed by atoms with van der Waals surface area (Å²) in [5.74, 6) is 0.635. The normalized spacial score (nSPS) is 11.7. The van der Waals surface area contributed by atoms with Gasteiger partial charge in [-0.2, -0.15) is 0 Å². The Bertz CT molecular complexity index is 1190. The van der Waals surface area contributed by atoms with E-state index in [9.17, 15) is 9.90 Å². The highest BCUT2D eigenvalue weighted by molar-refractivity contribution is 6.42. The molecule has 2 aromatic carbocycles.